The monoisotopic (exact) mass is 435 g/mol. The Morgan fingerprint density at radius 2 is 1.74 bits per heavy atom. The van der Waals surface area contributed by atoms with Gasteiger partial charge in [0.25, 0.3) is 0 Å². The number of amides is 1. The lowest BCUT2D eigenvalue weighted by atomic mass is 9.77. The Bertz CT molecular complexity index is 859. The van der Waals surface area contributed by atoms with Gasteiger partial charge in [0.1, 0.15) is 11.4 Å². The van der Waals surface area contributed by atoms with Gasteiger partial charge in [-0.2, -0.15) is 0 Å². The molecule has 1 N–H and O–H groups in total. The van der Waals surface area contributed by atoms with Crippen molar-refractivity contribution in [3.8, 4) is 0 Å². The molecule has 1 aliphatic rings. The standard InChI is InChI=1S/C22H31BFNO6/c1-20(2,3)29-19(27)25-13-15(23-30-21(4,5)22(6,7)31-23)11-14-9-10-16(17(24)12-14)18(26)28-8/h9-12H,13H2,1-8H3,(H,25,27). The lowest BCUT2D eigenvalue weighted by Gasteiger charge is -2.32. The van der Waals surface area contributed by atoms with E-state index in [-0.39, 0.29) is 12.1 Å². The van der Waals surface area contributed by atoms with Crippen LogP contribution in [0.1, 0.15) is 64.4 Å². The summed E-state index contributed by atoms with van der Waals surface area (Å²) >= 11 is 0. The van der Waals surface area contributed by atoms with Gasteiger partial charge in [-0.15, -0.1) is 0 Å². The SMILES string of the molecule is COC(=O)c1ccc(C=C(CNC(=O)OC(C)(C)C)B2OC(C)(C)C(C)(C)O2)cc1F. The second-order valence-corrected chi connectivity index (χ2v) is 9.39. The molecule has 1 heterocycles. The zero-order valence-electron chi connectivity index (χ0n) is 19.4. The van der Waals surface area contributed by atoms with Gasteiger partial charge in [0, 0.05) is 6.54 Å². The third-order valence-corrected chi connectivity index (χ3v) is 5.14. The van der Waals surface area contributed by atoms with E-state index in [2.05, 4.69) is 10.1 Å². The van der Waals surface area contributed by atoms with Crippen LogP contribution in [0.5, 0.6) is 0 Å². The van der Waals surface area contributed by atoms with Gasteiger partial charge >= 0.3 is 19.2 Å². The van der Waals surface area contributed by atoms with Gasteiger partial charge in [-0.1, -0.05) is 12.1 Å². The van der Waals surface area contributed by atoms with Crippen LogP contribution in [0.3, 0.4) is 0 Å². The number of hydrogen-bond acceptors (Lipinski definition) is 6. The highest BCUT2D eigenvalue weighted by molar-refractivity contribution is 6.56. The van der Waals surface area contributed by atoms with Crippen LogP contribution in [0.15, 0.2) is 23.7 Å². The third-order valence-electron chi connectivity index (χ3n) is 5.14. The molecule has 0 spiro atoms. The van der Waals surface area contributed by atoms with E-state index in [0.717, 1.165) is 0 Å². The summed E-state index contributed by atoms with van der Waals surface area (Å²) in [6.45, 7) is 13.0. The molecule has 0 radical (unpaired) electrons. The number of alkyl carbamates (subject to hydrolysis) is 1. The molecule has 0 unspecified atom stereocenters. The summed E-state index contributed by atoms with van der Waals surface area (Å²) < 4.78 is 36.4. The van der Waals surface area contributed by atoms with Crippen molar-refractivity contribution in [2.24, 2.45) is 0 Å². The van der Waals surface area contributed by atoms with Crippen LogP contribution in [0.25, 0.3) is 6.08 Å². The Morgan fingerprint density at radius 1 is 1.16 bits per heavy atom. The minimum Gasteiger partial charge on any atom is -0.465 e. The minimum atomic E-state index is -0.761. The summed E-state index contributed by atoms with van der Waals surface area (Å²) in [6.07, 6.45) is 1.06. The van der Waals surface area contributed by atoms with Crippen molar-refractivity contribution in [2.45, 2.75) is 65.3 Å². The molecule has 1 saturated heterocycles. The fourth-order valence-corrected chi connectivity index (χ4v) is 2.80. The number of halogens is 1. The Labute approximate surface area is 183 Å². The molecule has 1 fully saturated rings. The molecule has 0 bridgehead atoms. The van der Waals surface area contributed by atoms with Crippen molar-refractivity contribution >= 4 is 25.3 Å². The van der Waals surface area contributed by atoms with E-state index in [9.17, 15) is 14.0 Å². The Balaban J connectivity index is 2.32. The molecule has 9 heteroatoms. The van der Waals surface area contributed by atoms with Crippen LogP contribution < -0.4 is 5.32 Å². The molecule has 0 aliphatic carbocycles. The Hall–Kier alpha value is -2.39. The van der Waals surface area contributed by atoms with Crippen molar-refractivity contribution in [1.82, 2.24) is 5.32 Å². The van der Waals surface area contributed by atoms with Crippen molar-refractivity contribution < 1.29 is 32.8 Å². The second-order valence-electron chi connectivity index (χ2n) is 9.39. The molecule has 170 valence electrons. The minimum absolute atomic E-state index is 0.0616. The van der Waals surface area contributed by atoms with Crippen LogP contribution in [-0.4, -0.2) is 49.6 Å². The van der Waals surface area contributed by atoms with Crippen molar-refractivity contribution in [2.75, 3.05) is 13.7 Å². The van der Waals surface area contributed by atoms with Crippen LogP contribution in [0.4, 0.5) is 9.18 Å². The summed E-state index contributed by atoms with van der Waals surface area (Å²) in [5.41, 5.74) is -0.962. The second kappa shape index (κ2) is 9.00. The number of ether oxygens (including phenoxy) is 2. The summed E-state index contributed by atoms with van der Waals surface area (Å²) in [7, 11) is 0.428. The first kappa shape index (κ1) is 24.9. The number of carbonyl (C=O) groups excluding carboxylic acids is 2. The maximum Gasteiger partial charge on any atom is 0.492 e. The van der Waals surface area contributed by atoms with E-state index >= 15 is 0 Å². The van der Waals surface area contributed by atoms with Gasteiger partial charge in [0.15, 0.2) is 0 Å². The van der Waals surface area contributed by atoms with E-state index in [1.165, 1.54) is 19.2 Å². The first-order chi connectivity index (χ1) is 14.1. The number of esters is 1. The van der Waals surface area contributed by atoms with Crippen LogP contribution >= 0.6 is 0 Å². The highest BCUT2D eigenvalue weighted by Gasteiger charge is 2.52. The van der Waals surface area contributed by atoms with Crippen molar-refractivity contribution in [3.63, 3.8) is 0 Å². The maximum atomic E-state index is 14.4. The molecule has 31 heavy (non-hydrogen) atoms. The quantitative estimate of drug-likeness (QED) is 0.553. The number of methoxy groups -OCH3 is 1. The normalized spacial score (nSPS) is 18.0. The van der Waals surface area contributed by atoms with Crippen LogP contribution in [0, 0.1) is 5.82 Å². The van der Waals surface area contributed by atoms with Crippen LogP contribution in [0.2, 0.25) is 0 Å². The summed E-state index contributed by atoms with van der Waals surface area (Å²) in [5.74, 6) is -1.47. The molecule has 7 nitrogen and oxygen atoms in total. The third kappa shape index (κ3) is 6.30. The molecule has 2 rings (SSSR count). The van der Waals surface area contributed by atoms with E-state index < -0.39 is 41.8 Å². The summed E-state index contributed by atoms with van der Waals surface area (Å²) in [5, 5.41) is 2.69. The molecule has 1 aromatic rings. The molecule has 1 aliphatic heterocycles. The Morgan fingerprint density at radius 3 is 2.23 bits per heavy atom. The highest BCUT2D eigenvalue weighted by Crippen LogP contribution is 2.38. The molecular formula is C22H31BFNO6. The Kier molecular flexibility index (Phi) is 7.23. The largest absolute Gasteiger partial charge is 0.492 e. The first-order valence-electron chi connectivity index (χ1n) is 10.1. The zero-order valence-corrected chi connectivity index (χ0v) is 19.4. The number of hydrogen-bond donors (Lipinski definition) is 1. The van der Waals surface area contributed by atoms with Crippen LogP contribution in [-0.2, 0) is 18.8 Å². The number of rotatable bonds is 5. The first-order valence-corrected chi connectivity index (χ1v) is 10.1. The molecule has 0 atom stereocenters. The van der Waals surface area contributed by atoms with E-state index in [4.69, 9.17) is 14.0 Å². The molecule has 0 aromatic heterocycles. The van der Waals surface area contributed by atoms with Gasteiger partial charge in [-0.3, -0.25) is 0 Å². The summed E-state index contributed by atoms with van der Waals surface area (Å²) in [6, 6.07) is 4.13. The van der Waals surface area contributed by atoms with Gasteiger partial charge in [-0.25, -0.2) is 14.0 Å². The topological polar surface area (TPSA) is 83.1 Å². The lowest BCUT2D eigenvalue weighted by Crippen LogP contribution is -2.41. The maximum absolute atomic E-state index is 14.4. The number of nitrogens with one attached hydrogen (secondary N) is 1. The molecular weight excluding hydrogens is 404 g/mol. The number of benzene rings is 1. The summed E-state index contributed by atoms with van der Waals surface area (Å²) in [4.78, 5) is 23.8. The number of carbonyl (C=O) groups is 2. The lowest BCUT2D eigenvalue weighted by molar-refractivity contribution is 0.00578. The van der Waals surface area contributed by atoms with E-state index in [0.29, 0.717) is 11.0 Å². The molecule has 1 aromatic carbocycles. The fourth-order valence-electron chi connectivity index (χ4n) is 2.80. The molecule has 1 amide bonds. The van der Waals surface area contributed by atoms with Gasteiger partial charge in [-0.05, 0) is 71.6 Å². The smallest absolute Gasteiger partial charge is 0.465 e. The average molecular weight is 435 g/mol. The predicted octanol–water partition coefficient (Wildman–Crippen LogP) is 4.15. The van der Waals surface area contributed by atoms with Crippen molar-refractivity contribution in [1.29, 1.82) is 0 Å². The predicted molar refractivity (Wildman–Crippen MR) is 116 cm³/mol. The molecule has 0 saturated carbocycles. The van der Waals surface area contributed by atoms with E-state index in [1.807, 2.05) is 27.7 Å². The zero-order chi connectivity index (χ0) is 23.6. The van der Waals surface area contributed by atoms with Gasteiger partial charge < -0.3 is 24.1 Å². The van der Waals surface area contributed by atoms with Gasteiger partial charge in [0.2, 0.25) is 0 Å². The average Bonchev–Trinajstić information content (AvgIpc) is 2.84. The van der Waals surface area contributed by atoms with E-state index in [1.54, 1.807) is 32.9 Å². The fraction of sp³-hybridized carbons (Fsp3) is 0.545. The highest BCUT2D eigenvalue weighted by atomic mass is 19.1. The van der Waals surface area contributed by atoms with Gasteiger partial charge in [0.05, 0.1) is 23.9 Å². The van der Waals surface area contributed by atoms with Crippen molar-refractivity contribution in [3.05, 3.63) is 40.6 Å².